The summed E-state index contributed by atoms with van der Waals surface area (Å²) in [5.74, 6) is 0. The molecule has 1 fully saturated rings. The first kappa shape index (κ1) is 6.43. The first-order chi connectivity index (χ1) is 3.93. The molecule has 1 nitrogen and oxygen atoms in total. The van der Waals surface area contributed by atoms with E-state index in [1.807, 2.05) is 19.0 Å². The molecule has 0 spiro atoms. The first-order valence-electron chi connectivity index (χ1n) is 3.26. The lowest BCUT2D eigenvalue weighted by atomic mass is 10.4. The molecule has 0 amide bonds. The molecule has 0 saturated heterocycles. The fourth-order valence-electron chi connectivity index (χ4n) is 1.17. The van der Waals surface area contributed by atoms with Gasteiger partial charge in [-0.05, 0) is 19.9 Å². The van der Waals surface area contributed by atoms with E-state index in [1.165, 1.54) is 25.7 Å². The van der Waals surface area contributed by atoms with E-state index in [4.69, 9.17) is 0 Å². The molecule has 0 aromatic rings. The zero-order valence-corrected chi connectivity index (χ0v) is 6.13. The summed E-state index contributed by atoms with van der Waals surface area (Å²) in [6, 6.07) is 0. The second-order valence-corrected chi connectivity index (χ2v) is 3.54. The van der Waals surface area contributed by atoms with Gasteiger partial charge in [0.25, 0.3) is 0 Å². The van der Waals surface area contributed by atoms with E-state index in [-0.39, 0.29) is 0 Å². The van der Waals surface area contributed by atoms with Gasteiger partial charge in [-0.3, -0.25) is 4.72 Å². The molecule has 0 aromatic heterocycles. The van der Waals surface area contributed by atoms with Gasteiger partial charge < -0.3 is 0 Å². The topological polar surface area (TPSA) is 12.0 Å². The van der Waals surface area contributed by atoms with Crippen LogP contribution in [0.25, 0.3) is 0 Å². The molecule has 48 valence electrons. The summed E-state index contributed by atoms with van der Waals surface area (Å²) in [7, 11) is 2.00. The van der Waals surface area contributed by atoms with E-state index < -0.39 is 0 Å². The summed E-state index contributed by atoms with van der Waals surface area (Å²) in [6.45, 7) is 0. The molecular weight excluding hydrogens is 118 g/mol. The van der Waals surface area contributed by atoms with Gasteiger partial charge in [0.15, 0.2) is 0 Å². The van der Waals surface area contributed by atoms with Crippen molar-refractivity contribution >= 4 is 11.9 Å². The Kier molecular flexibility index (Phi) is 2.70. The predicted octanol–water partition coefficient (Wildman–Crippen LogP) is 1.80. The Balaban J connectivity index is 2.06. The zero-order valence-electron chi connectivity index (χ0n) is 5.31. The van der Waals surface area contributed by atoms with E-state index in [1.54, 1.807) is 0 Å². The van der Waals surface area contributed by atoms with E-state index >= 15 is 0 Å². The maximum absolute atomic E-state index is 3.13. The third kappa shape index (κ3) is 1.67. The van der Waals surface area contributed by atoms with E-state index in [2.05, 4.69) is 4.72 Å². The Morgan fingerprint density at radius 3 is 2.50 bits per heavy atom. The summed E-state index contributed by atoms with van der Waals surface area (Å²) >= 11 is 1.89. The number of hydrogen-bond donors (Lipinski definition) is 1. The second kappa shape index (κ2) is 3.36. The number of hydrogen-bond acceptors (Lipinski definition) is 2. The predicted molar refractivity (Wildman–Crippen MR) is 38.9 cm³/mol. The lowest BCUT2D eigenvalue weighted by molar-refractivity contribution is 0.886. The molecule has 0 atom stereocenters. The van der Waals surface area contributed by atoms with Crippen molar-refractivity contribution in [1.29, 1.82) is 0 Å². The molecule has 1 N–H and O–H groups in total. The Morgan fingerprint density at radius 1 is 1.38 bits per heavy atom. The highest BCUT2D eigenvalue weighted by Gasteiger charge is 2.13. The number of rotatable bonds is 2. The van der Waals surface area contributed by atoms with Crippen molar-refractivity contribution in [3.8, 4) is 0 Å². The van der Waals surface area contributed by atoms with Gasteiger partial charge >= 0.3 is 0 Å². The van der Waals surface area contributed by atoms with Gasteiger partial charge in [-0.15, -0.1) is 0 Å². The van der Waals surface area contributed by atoms with Gasteiger partial charge in [0.2, 0.25) is 0 Å². The minimum Gasteiger partial charge on any atom is -0.267 e. The smallest absolute Gasteiger partial charge is 0.0192 e. The Morgan fingerprint density at radius 2 is 2.00 bits per heavy atom. The molecule has 8 heavy (non-hydrogen) atoms. The zero-order chi connectivity index (χ0) is 5.82. The van der Waals surface area contributed by atoms with Crippen LogP contribution in [0.15, 0.2) is 0 Å². The highest BCUT2D eigenvalue weighted by atomic mass is 32.2. The van der Waals surface area contributed by atoms with E-state index in [9.17, 15) is 0 Å². The van der Waals surface area contributed by atoms with Crippen LogP contribution >= 0.6 is 11.9 Å². The average Bonchev–Trinajstić information content (AvgIpc) is 2.19. The maximum atomic E-state index is 3.13. The quantitative estimate of drug-likeness (QED) is 0.573. The maximum Gasteiger partial charge on any atom is 0.0192 e. The molecule has 0 aliphatic heterocycles. The molecule has 1 aliphatic carbocycles. The van der Waals surface area contributed by atoms with Gasteiger partial charge in [0, 0.05) is 5.25 Å². The fourth-order valence-corrected chi connectivity index (χ4v) is 2.08. The van der Waals surface area contributed by atoms with Gasteiger partial charge in [0.1, 0.15) is 0 Å². The SMILES string of the molecule is CNSC1CCCC1. The first-order valence-corrected chi connectivity index (χ1v) is 4.14. The molecule has 0 bridgehead atoms. The molecule has 0 radical (unpaired) electrons. The van der Waals surface area contributed by atoms with Crippen LogP contribution in [0.1, 0.15) is 25.7 Å². The van der Waals surface area contributed by atoms with Crippen LogP contribution in [0.4, 0.5) is 0 Å². The average molecular weight is 131 g/mol. The fraction of sp³-hybridized carbons (Fsp3) is 1.00. The van der Waals surface area contributed by atoms with Crippen LogP contribution in [0, 0.1) is 0 Å². The van der Waals surface area contributed by atoms with Crippen molar-refractivity contribution in [1.82, 2.24) is 4.72 Å². The lowest BCUT2D eigenvalue weighted by Crippen LogP contribution is -2.02. The van der Waals surface area contributed by atoms with Gasteiger partial charge in [-0.2, -0.15) is 0 Å². The molecular formula is C6H13NS. The third-order valence-electron chi connectivity index (χ3n) is 1.59. The molecule has 0 unspecified atom stereocenters. The monoisotopic (exact) mass is 131 g/mol. The highest BCUT2D eigenvalue weighted by Crippen LogP contribution is 2.26. The Hall–Kier alpha value is 0.310. The van der Waals surface area contributed by atoms with Crippen molar-refractivity contribution < 1.29 is 0 Å². The largest absolute Gasteiger partial charge is 0.267 e. The standard InChI is InChI=1S/C6H13NS/c1-7-8-6-4-2-3-5-6/h6-7H,2-5H2,1H3. The van der Waals surface area contributed by atoms with E-state index in [0.29, 0.717) is 0 Å². The van der Waals surface area contributed by atoms with Crippen LogP contribution in [0.5, 0.6) is 0 Å². The lowest BCUT2D eigenvalue weighted by Gasteiger charge is -2.04. The second-order valence-electron chi connectivity index (χ2n) is 2.23. The summed E-state index contributed by atoms with van der Waals surface area (Å²) in [5.41, 5.74) is 0. The Bertz CT molecular complexity index is 59.5. The van der Waals surface area contributed by atoms with E-state index in [0.717, 1.165) is 5.25 Å². The van der Waals surface area contributed by atoms with Crippen molar-refractivity contribution in [2.45, 2.75) is 30.9 Å². The molecule has 1 aliphatic rings. The van der Waals surface area contributed by atoms with Crippen LogP contribution in [0.2, 0.25) is 0 Å². The van der Waals surface area contributed by atoms with Crippen LogP contribution < -0.4 is 4.72 Å². The van der Waals surface area contributed by atoms with Gasteiger partial charge in [0.05, 0.1) is 0 Å². The van der Waals surface area contributed by atoms with Gasteiger partial charge in [-0.25, -0.2) is 0 Å². The van der Waals surface area contributed by atoms with Crippen molar-refractivity contribution in [2.24, 2.45) is 0 Å². The van der Waals surface area contributed by atoms with Crippen molar-refractivity contribution in [3.63, 3.8) is 0 Å². The third-order valence-corrected chi connectivity index (χ3v) is 2.63. The molecule has 0 aromatic carbocycles. The normalized spacial score (nSPS) is 22.1. The summed E-state index contributed by atoms with van der Waals surface area (Å²) in [6.07, 6.45) is 5.73. The van der Waals surface area contributed by atoms with Crippen LogP contribution in [-0.4, -0.2) is 12.3 Å². The minimum atomic E-state index is 0.917. The van der Waals surface area contributed by atoms with Gasteiger partial charge in [-0.1, -0.05) is 24.8 Å². The van der Waals surface area contributed by atoms with Crippen LogP contribution in [0.3, 0.4) is 0 Å². The highest BCUT2D eigenvalue weighted by molar-refractivity contribution is 7.98. The summed E-state index contributed by atoms with van der Waals surface area (Å²) < 4.78 is 3.13. The summed E-state index contributed by atoms with van der Waals surface area (Å²) in [4.78, 5) is 0. The molecule has 1 saturated carbocycles. The Labute approximate surface area is 55.4 Å². The minimum absolute atomic E-state index is 0.917. The van der Waals surface area contributed by atoms with Crippen LogP contribution in [-0.2, 0) is 0 Å². The molecule has 1 rings (SSSR count). The van der Waals surface area contributed by atoms with Crippen molar-refractivity contribution in [2.75, 3.05) is 7.05 Å². The molecule has 0 heterocycles. The number of nitrogens with one attached hydrogen (secondary N) is 1. The molecule has 2 heteroatoms. The van der Waals surface area contributed by atoms with Crippen molar-refractivity contribution in [3.05, 3.63) is 0 Å². The summed E-state index contributed by atoms with van der Waals surface area (Å²) in [5, 5.41) is 0.917.